The average molecular weight is 277 g/mol. The Morgan fingerprint density at radius 3 is 2.50 bits per heavy atom. The molecule has 2 aromatic rings. The van der Waals surface area contributed by atoms with E-state index in [4.69, 9.17) is 4.74 Å². The van der Waals surface area contributed by atoms with Crippen LogP contribution in [0, 0.1) is 5.82 Å². The van der Waals surface area contributed by atoms with Gasteiger partial charge in [-0.1, -0.05) is 0 Å². The van der Waals surface area contributed by atoms with E-state index in [9.17, 15) is 4.39 Å². The second-order valence-electron chi connectivity index (χ2n) is 4.27. The highest BCUT2D eigenvalue weighted by Crippen LogP contribution is 2.25. The second kappa shape index (κ2) is 5.68. The predicted octanol–water partition coefficient (Wildman–Crippen LogP) is 1.79. The minimum atomic E-state index is -0.442. The third-order valence-corrected chi connectivity index (χ3v) is 2.66. The molecule has 1 aromatic heterocycles. The smallest absolute Gasteiger partial charge is 0.230 e. The van der Waals surface area contributed by atoms with Crippen molar-refractivity contribution in [3.63, 3.8) is 0 Å². The molecule has 0 unspecified atom stereocenters. The van der Waals surface area contributed by atoms with Gasteiger partial charge in [-0.15, -0.1) is 0 Å². The zero-order valence-electron chi connectivity index (χ0n) is 11.8. The minimum absolute atomic E-state index is 0.271. The monoisotopic (exact) mass is 277 g/mol. The summed E-state index contributed by atoms with van der Waals surface area (Å²) in [5, 5.41) is 2.84. The topological polar surface area (TPSA) is 63.2 Å². The Bertz CT molecular complexity index is 618. The molecule has 0 spiro atoms. The highest BCUT2D eigenvalue weighted by molar-refractivity contribution is 5.60. The first-order chi connectivity index (χ1) is 9.55. The number of ether oxygens (including phenoxy) is 1. The van der Waals surface area contributed by atoms with Gasteiger partial charge in [0, 0.05) is 27.2 Å². The summed E-state index contributed by atoms with van der Waals surface area (Å²) in [7, 11) is 6.80. The minimum Gasteiger partial charge on any atom is -0.497 e. The third-order valence-electron chi connectivity index (χ3n) is 2.66. The summed E-state index contributed by atoms with van der Waals surface area (Å²) in [5.74, 6) is 1.11. The molecule has 1 aromatic carbocycles. The Morgan fingerprint density at radius 2 is 1.95 bits per heavy atom. The fourth-order valence-corrected chi connectivity index (χ4v) is 1.60. The maximum atomic E-state index is 14.1. The quantitative estimate of drug-likeness (QED) is 0.919. The molecule has 0 amide bonds. The van der Waals surface area contributed by atoms with Crippen LogP contribution >= 0.6 is 0 Å². The summed E-state index contributed by atoms with van der Waals surface area (Å²) < 4.78 is 19.1. The normalized spacial score (nSPS) is 10.2. The third kappa shape index (κ3) is 2.76. The van der Waals surface area contributed by atoms with E-state index in [1.807, 2.05) is 14.1 Å². The van der Waals surface area contributed by atoms with E-state index in [0.717, 1.165) is 0 Å². The van der Waals surface area contributed by atoms with Crippen LogP contribution in [0.4, 0.5) is 16.3 Å². The van der Waals surface area contributed by atoms with Crippen LogP contribution in [0.2, 0.25) is 0 Å². The van der Waals surface area contributed by atoms with Gasteiger partial charge in [-0.05, 0) is 12.1 Å². The molecule has 0 fully saturated rings. The number of aromatic nitrogens is 3. The first-order valence-corrected chi connectivity index (χ1v) is 6.00. The van der Waals surface area contributed by atoms with Crippen molar-refractivity contribution in [1.82, 2.24) is 15.0 Å². The van der Waals surface area contributed by atoms with Crippen LogP contribution in [-0.2, 0) is 0 Å². The van der Waals surface area contributed by atoms with E-state index in [0.29, 0.717) is 23.2 Å². The number of nitrogens with zero attached hydrogens (tertiary/aromatic N) is 4. The van der Waals surface area contributed by atoms with Crippen molar-refractivity contribution in [2.24, 2.45) is 0 Å². The van der Waals surface area contributed by atoms with Crippen molar-refractivity contribution in [3.05, 3.63) is 24.0 Å². The van der Waals surface area contributed by atoms with Crippen molar-refractivity contribution < 1.29 is 9.13 Å². The lowest BCUT2D eigenvalue weighted by Gasteiger charge is -2.13. The summed E-state index contributed by atoms with van der Waals surface area (Å²) in [5.41, 5.74) is 0.299. The Morgan fingerprint density at radius 1 is 1.20 bits per heavy atom. The van der Waals surface area contributed by atoms with Gasteiger partial charge in [0.2, 0.25) is 11.9 Å². The molecular weight excluding hydrogens is 261 g/mol. The van der Waals surface area contributed by atoms with Gasteiger partial charge in [-0.25, -0.2) is 4.39 Å². The van der Waals surface area contributed by atoms with Gasteiger partial charge in [0.25, 0.3) is 0 Å². The van der Waals surface area contributed by atoms with Crippen molar-refractivity contribution >= 4 is 11.9 Å². The lowest BCUT2D eigenvalue weighted by atomic mass is 10.2. The fraction of sp³-hybridized carbons (Fsp3) is 0.308. The Hall–Kier alpha value is -2.44. The molecule has 20 heavy (non-hydrogen) atoms. The van der Waals surface area contributed by atoms with Crippen LogP contribution in [0.15, 0.2) is 18.2 Å². The number of hydrogen-bond acceptors (Lipinski definition) is 6. The molecule has 0 aliphatic heterocycles. The number of halogens is 1. The van der Waals surface area contributed by atoms with Gasteiger partial charge < -0.3 is 15.0 Å². The molecule has 0 atom stereocenters. The van der Waals surface area contributed by atoms with E-state index in [-0.39, 0.29) is 5.82 Å². The van der Waals surface area contributed by atoms with E-state index in [2.05, 4.69) is 20.3 Å². The molecule has 1 heterocycles. The summed E-state index contributed by atoms with van der Waals surface area (Å²) in [6, 6.07) is 4.55. The number of benzene rings is 1. The van der Waals surface area contributed by atoms with Crippen LogP contribution in [0.1, 0.15) is 0 Å². The zero-order chi connectivity index (χ0) is 14.7. The standard InChI is InChI=1S/C13H16FN5O/c1-15-12-16-11(17-13(18-12)19(2)3)9-6-5-8(20-4)7-10(9)14/h5-7H,1-4H3,(H,15,16,17,18). The summed E-state index contributed by atoms with van der Waals surface area (Å²) in [6.07, 6.45) is 0. The summed E-state index contributed by atoms with van der Waals surface area (Å²) >= 11 is 0. The van der Waals surface area contributed by atoms with Crippen molar-refractivity contribution in [2.45, 2.75) is 0 Å². The fourth-order valence-electron chi connectivity index (χ4n) is 1.60. The summed E-state index contributed by atoms with van der Waals surface area (Å²) in [6.45, 7) is 0. The van der Waals surface area contributed by atoms with E-state index >= 15 is 0 Å². The molecular formula is C13H16FN5O. The highest BCUT2D eigenvalue weighted by Gasteiger charge is 2.13. The maximum absolute atomic E-state index is 14.1. The van der Waals surface area contributed by atoms with Crippen LogP contribution in [0.3, 0.4) is 0 Å². The van der Waals surface area contributed by atoms with Crippen LogP contribution in [-0.4, -0.2) is 43.2 Å². The van der Waals surface area contributed by atoms with E-state index in [1.54, 1.807) is 24.1 Å². The average Bonchev–Trinajstić information content (AvgIpc) is 2.46. The van der Waals surface area contributed by atoms with Gasteiger partial charge in [-0.3, -0.25) is 0 Å². The maximum Gasteiger partial charge on any atom is 0.230 e. The molecule has 2 rings (SSSR count). The zero-order valence-corrected chi connectivity index (χ0v) is 11.8. The largest absolute Gasteiger partial charge is 0.497 e. The Labute approximate surface area is 116 Å². The number of methoxy groups -OCH3 is 1. The SMILES string of the molecule is CNc1nc(-c2ccc(OC)cc2F)nc(N(C)C)n1. The lowest BCUT2D eigenvalue weighted by molar-refractivity contribution is 0.411. The van der Waals surface area contributed by atoms with E-state index in [1.165, 1.54) is 13.2 Å². The molecule has 0 aliphatic carbocycles. The van der Waals surface area contributed by atoms with Gasteiger partial charge in [0.15, 0.2) is 5.82 Å². The van der Waals surface area contributed by atoms with Crippen LogP contribution in [0.5, 0.6) is 5.75 Å². The molecule has 0 aliphatic rings. The molecule has 6 nitrogen and oxygen atoms in total. The molecule has 0 bridgehead atoms. The summed E-state index contributed by atoms with van der Waals surface area (Å²) in [4.78, 5) is 14.3. The lowest BCUT2D eigenvalue weighted by Crippen LogP contribution is -2.15. The van der Waals surface area contributed by atoms with Gasteiger partial charge in [-0.2, -0.15) is 15.0 Å². The van der Waals surface area contributed by atoms with Crippen molar-refractivity contribution in [1.29, 1.82) is 0 Å². The van der Waals surface area contributed by atoms with Crippen molar-refractivity contribution in [2.75, 3.05) is 38.5 Å². The number of rotatable bonds is 4. The van der Waals surface area contributed by atoms with Gasteiger partial charge in [0.1, 0.15) is 11.6 Å². The number of hydrogen-bond donors (Lipinski definition) is 1. The van der Waals surface area contributed by atoms with Gasteiger partial charge >= 0.3 is 0 Å². The molecule has 0 saturated carbocycles. The van der Waals surface area contributed by atoms with Crippen LogP contribution in [0.25, 0.3) is 11.4 Å². The highest BCUT2D eigenvalue weighted by atomic mass is 19.1. The first kappa shape index (κ1) is 14.0. The van der Waals surface area contributed by atoms with Crippen molar-refractivity contribution in [3.8, 4) is 17.1 Å². The number of anilines is 2. The first-order valence-electron chi connectivity index (χ1n) is 6.00. The van der Waals surface area contributed by atoms with Gasteiger partial charge in [0.05, 0.1) is 12.7 Å². The molecule has 106 valence electrons. The molecule has 0 saturated heterocycles. The number of nitrogens with one attached hydrogen (secondary N) is 1. The predicted molar refractivity (Wildman–Crippen MR) is 75.6 cm³/mol. The molecule has 1 N–H and O–H groups in total. The Kier molecular flexibility index (Phi) is 3.97. The molecule has 0 radical (unpaired) electrons. The molecule has 7 heteroatoms. The van der Waals surface area contributed by atoms with Crippen LogP contribution < -0.4 is 15.0 Å². The van der Waals surface area contributed by atoms with E-state index < -0.39 is 5.82 Å². The second-order valence-corrected chi connectivity index (χ2v) is 4.27. The Balaban J connectivity index is 2.54.